The predicted octanol–water partition coefficient (Wildman–Crippen LogP) is 4.68. The van der Waals surface area contributed by atoms with E-state index in [1.165, 1.54) is 18.2 Å². The molecular weight excluding hydrogens is 549 g/mol. The molecule has 1 amide bonds. The van der Waals surface area contributed by atoms with Crippen LogP contribution in [0.25, 0.3) is 0 Å². The zero-order chi connectivity index (χ0) is 22.4. The van der Waals surface area contributed by atoms with Crippen molar-refractivity contribution in [2.45, 2.75) is 11.8 Å². The summed E-state index contributed by atoms with van der Waals surface area (Å²) in [5.41, 5.74) is 4.19. The molecule has 0 bridgehead atoms. The number of nitrogens with one attached hydrogen (secondary N) is 1. The van der Waals surface area contributed by atoms with E-state index in [4.69, 9.17) is 11.6 Å². The molecule has 0 fully saturated rings. The van der Waals surface area contributed by atoms with Gasteiger partial charge in [-0.05, 0) is 77.5 Å². The van der Waals surface area contributed by atoms with Crippen LogP contribution in [0.5, 0.6) is 0 Å². The van der Waals surface area contributed by atoms with E-state index >= 15 is 0 Å². The molecule has 1 N–H and O–H groups in total. The Kier molecular flexibility index (Phi) is 7.69. The fourth-order valence-corrected chi connectivity index (χ4v) is 4.92. The molecule has 6 nitrogen and oxygen atoms in total. The average molecular weight is 568 g/mol. The fraction of sp³-hybridized carbons (Fsp3) is 0.0909. The zero-order valence-corrected chi connectivity index (χ0v) is 20.2. The maximum atomic E-state index is 13.2. The molecule has 3 aromatic carbocycles. The van der Waals surface area contributed by atoms with Gasteiger partial charge in [0.1, 0.15) is 6.54 Å². The zero-order valence-electron chi connectivity index (χ0n) is 16.5. The Morgan fingerprint density at radius 2 is 1.74 bits per heavy atom. The van der Waals surface area contributed by atoms with Crippen molar-refractivity contribution in [3.8, 4) is 0 Å². The van der Waals surface area contributed by atoms with Gasteiger partial charge in [0.15, 0.2) is 0 Å². The Morgan fingerprint density at radius 3 is 2.42 bits per heavy atom. The number of sulfonamides is 1. The summed E-state index contributed by atoms with van der Waals surface area (Å²) in [6.07, 6.45) is 0. The van der Waals surface area contributed by atoms with Gasteiger partial charge in [-0.15, -0.1) is 0 Å². The fourth-order valence-electron chi connectivity index (χ4n) is 2.76. The third kappa shape index (κ3) is 6.05. The van der Waals surface area contributed by atoms with Crippen molar-refractivity contribution in [3.63, 3.8) is 0 Å². The minimum atomic E-state index is -4.00. The summed E-state index contributed by atoms with van der Waals surface area (Å²) in [5.74, 6) is -0.579. The van der Waals surface area contributed by atoms with Gasteiger partial charge in [0, 0.05) is 8.59 Å². The first-order valence-electron chi connectivity index (χ1n) is 9.20. The monoisotopic (exact) mass is 567 g/mol. The van der Waals surface area contributed by atoms with Gasteiger partial charge >= 0.3 is 0 Å². The maximum Gasteiger partial charge on any atom is 0.264 e. The quantitative estimate of drug-likeness (QED) is 0.256. The van der Waals surface area contributed by atoms with Crippen molar-refractivity contribution in [1.29, 1.82) is 0 Å². The highest BCUT2D eigenvalue weighted by atomic mass is 127. The van der Waals surface area contributed by atoms with Gasteiger partial charge in [0.2, 0.25) is 0 Å². The molecule has 0 aromatic heterocycles. The Balaban J connectivity index is 1.87. The van der Waals surface area contributed by atoms with Crippen molar-refractivity contribution in [3.05, 3.63) is 93.0 Å². The third-order valence-electron chi connectivity index (χ3n) is 4.31. The maximum absolute atomic E-state index is 13.2. The SMILES string of the molecule is C/C(=N/NC(=O)CN(c1cccc(Cl)c1)S(=O)(=O)c1ccccc1)c1cccc(I)c1. The number of hydrogen-bond donors (Lipinski definition) is 1. The number of carbonyl (C=O) groups excluding carboxylic acids is 1. The summed E-state index contributed by atoms with van der Waals surface area (Å²) in [4.78, 5) is 12.7. The molecule has 3 rings (SSSR count). The van der Waals surface area contributed by atoms with E-state index in [9.17, 15) is 13.2 Å². The van der Waals surface area contributed by atoms with E-state index in [0.29, 0.717) is 10.7 Å². The standard InChI is InChI=1S/C22H19ClIN3O3S/c1-16(17-7-5-9-19(24)13-17)25-26-22(28)15-27(20-10-6-8-18(23)14-20)31(29,30)21-11-3-2-4-12-21/h2-14H,15H2,1H3,(H,26,28)/b25-16-. The molecule has 0 atom stereocenters. The summed E-state index contributed by atoms with van der Waals surface area (Å²) >= 11 is 8.25. The molecule has 0 heterocycles. The second-order valence-corrected chi connectivity index (χ2v) is 10.1. The van der Waals surface area contributed by atoms with E-state index in [1.54, 1.807) is 43.3 Å². The van der Waals surface area contributed by atoms with Crippen LogP contribution in [0.3, 0.4) is 0 Å². The lowest BCUT2D eigenvalue weighted by atomic mass is 10.1. The van der Waals surface area contributed by atoms with E-state index in [0.717, 1.165) is 13.4 Å². The molecule has 3 aromatic rings. The van der Waals surface area contributed by atoms with E-state index < -0.39 is 22.5 Å². The van der Waals surface area contributed by atoms with Crippen LogP contribution in [0.1, 0.15) is 12.5 Å². The summed E-state index contributed by atoms with van der Waals surface area (Å²) in [7, 11) is -4.00. The first-order valence-corrected chi connectivity index (χ1v) is 12.1. The number of anilines is 1. The van der Waals surface area contributed by atoms with Crippen LogP contribution in [0.15, 0.2) is 88.9 Å². The Bertz CT molecular complexity index is 1220. The number of halogens is 2. The Hall–Kier alpha value is -2.43. The minimum Gasteiger partial charge on any atom is -0.271 e. The largest absolute Gasteiger partial charge is 0.271 e. The van der Waals surface area contributed by atoms with Crippen molar-refractivity contribution >= 4 is 61.5 Å². The molecule has 0 radical (unpaired) electrons. The van der Waals surface area contributed by atoms with Crippen LogP contribution in [0.2, 0.25) is 5.02 Å². The number of amides is 1. The molecule has 9 heteroatoms. The van der Waals surface area contributed by atoms with Gasteiger partial charge in [-0.25, -0.2) is 13.8 Å². The highest BCUT2D eigenvalue weighted by Gasteiger charge is 2.27. The summed E-state index contributed by atoms with van der Waals surface area (Å²) < 4.78 is 28.5. The minimum absolute atomic E-state index is 0.0707. The van der Waals surface area contributed by atoms with E-state index in [-0.39, 0.29) is 10.6 Å². The molecule has 0 spiro atoms. The van der Waals surface area contributed by atoms with Crippen molar-refractivity contribution in [2.24, 2.45) is 5.10 Å². The van der Waals surface area contributed by atoms with Crippen molar-refractivity contribution in [2.75, 3.05) is 10.8 Å². The van der Waals surface area contributed by atoms with E-state index in [2.05, 4.69) is 33.1 Å². The second kappa shape index (κ2) is 10.3. The molecule has 0 saturated heterocycles. The Morgan fingerprint density at radius 1 is 1.03 bits per heavy atom. The van der Waals surface area contributed by atoms with Crippen LogP contribution in [-0.4, -0.2) is 26.6 Å². The lowest BCUT2D eigenvalue weighted by Crippen LogP contribution is -2.39. The number of rotatable bonds is 7. The van der Waals surface area contributed by atoms with Crippen LogP contribution in [-0.2, 0) is 14.8 Å². The Labute approximate surface area is 200 Å². The number of hydrogen-bond acceptors (Lipinski definition) is 4. The van der Waals surface area contributed by atoms with Crippen LogP contribution < -0.4 is 9.73 Å². The molecule has 0 unspecified atom stereocenters. The van der Waals surface area contributed by atoms with Gasteiger partial charge in [0.05, 0.1) is 16.3 Å². The molecule has 31 heavy (non-hydrogen) atoms. The van der Waals surface area contributed by atoms with Crippen LogP contribution in [0, 0.1) is 3.57 Å². The van der Waals surface area contributed by atoms with Gasteiger partial charge in [-0.3, -0.25) is 9.10 Å². The lowest BCUT2D eigenvalue weighted by Gasteiger charge is -2.23. The average Bonchev–Trinajstić information content (AvgIpc) is 2.76. The molecule has 0 aliphatic heterocycles. The van der Waals surface area contributed by atoms with Crippen LogP contribution >= 0.6 is 34.2 Å². The number of carbonyl (C=O) groups is 1. The van der Waals surface area contributed by atoms with Crippen molar-refractivity contribution < 1.29 is 13.2 Å². The predicted molar refractivity (Wildman–Crippen MR) is 132 cm³/mol. The molecule has 0 saturated carbocycles. The van der Waals surface area contributed by atoms with Crippen molar-refractivity contribution in [1.82, 2.24) is 5.43 Å². The first-order chi connectivity index (χ1) is 14.8. The number of nitrogens with zero attached hydrogens (tertiary/aromatic N) is 2. The molecule has 160 valence electrons. The molecular formula is C22H19ClIN3O3S. The van der Waals surface area contributed by atoms with Gasteiger partial charge in [0.25, 0.3) is 15.9 Å². The van der Waals surface area contributed by atoms with Crippen LogP contribution in [0.4, 0.5) is 5.69 Å². The summed E-state index contributed by atoms with van der Waals surface area (Å²) in [6, 6.07) is 21.9. The lowest BCUT2D eigenvalue weighted by molar-refractivity contribution is -0.119. The highest BCUT2D eigenvalue weighted by molar-refractivity contribution is 14.1. The summed E-state index contributed by atoms with van der Waals surface area (Å²) in [5, 5.41) is 4.48. The number of hydrazone groups is 1. The molecule has 0 aliphatic rings. The number of benzene rings is 3. The third-order valence-corrected chi connectivity index (χ3v) is 7.00. The first kappa shape index (κ1) is 23.2. The van der Waals surface area contributed by atoms with Gasteiger partial charge in [-0.2, -0.15) is 5.10 Å². The second-order valence-electron chi connectivity index (χ2n) is 6.55. The van der Waals surface area contributed by atoms with E-state index in [1.807, 2.05) is 24.3 Å². The smallest absolute Gasteiger partial charge is 0.264 e. The normalized spacial score (nSPS) is 11.8. The van der Waals surface area contributed by atoms with Gasteiger partial charge < -0.3 is 0 Å². The topological polar surface area (TPSA) is 78.8 Å². The summed E-state index contributed by atoms with van der Waals surface area (Å²) in [6.45, 7) is 1.31. The highest BCUT2D eigenvalue weighted by Crippen LogP contribution is 2.25. The van der Waals surface area contributed by atoms with Gasteiger partial charge in [-0.1, -0.05) is 48.0 Å². The molecule has 0 aliphatic carbocycles.